The molecule has 2 aromatic heterocycles. The quantitative estimate of drug-likeness (QED) is 0.734. The molecule has 9 heteroatoms. The highest BCUT2D eigenvalue weighted by molar-refractivity contribution is 7.89. The molecule has 0 saturated heterocycles. The van der Waals surface area contributed by atoms with Crippen molar-refractivity contribution in [2.75, 3.05) is 6.54 Å². The molecule has 0 saturated carbocycles. The van der Waals surface area contributed by atoms with E-state index in [1.54, 1.807) is 23.9 Å². The SMILES string of the molecule is CCNCc1ccc(S(=O)(=O)NCc2nncn2C)nc1. The summed E-state index contributed by atoms with van der Waals surface area (Å²) in [5.41, 5.74) is 0.934. The first kappa shape index (κ1) is 15.5. The normalized spacial score (nSPS) is 11.7. The average Bonchev–Trinajstić information content (AvgIpc) is 2.89. The van der Waals surface area contributed by atoms with E-state index in [0.29, 0.717) is 12.4 Å². The summed E-state index contributed by atoms with van der Waals surface area (Å²) in [6.45, 7) is 3.58. The first-order valence-corrected chi connectivity index (χ1v) is 7.99. The van der Waals surface area contributed by atoms with Gasteiger partial charge in [0.1, 0.15) is 12.2 Å². The van der Waals surface area contributed by atoms with Crippen LogP contribution in [-0.4, -0.2) is 34.7 Å². The minimum atomic E-state index is -3.65. The van der Waals surface area contributed by atoms with Gasteiger partial charge in [-0.25, -0.2) is 18.1 Å². The second-order valence-electron chi connectivity index (χ2n) is 4.47. The van der Waals surface area contributed by atoms with E-state index >= 15 is 0 Å². The maximum absolute atomic E-state index is 12.1. The van der Waals surface area contributed by atoms with Gasteiger partial charge in [0, 0.05) is 19.8 Å². The molecule has 0 bridgehead atoms. The van der Waals surface area contributed by atoms with Crippen molar-refractivity contribution in [3.63, 3.8) is 0 Å². The molecule has 2 heterocycles. The molecule has 0 aromatic carbocycles. The van der Waals surface area contributed by atoms with Crippen LogP contribution in [-0.2, 0) is 30.2 Å². The summed E-state index contributed by atoms with van der Waals surface area (Å²) in [6.07, 6.45) is 3.07. The van der Waals surface area contributed by atoms with Crippen LogP contribution in [0.4, 0.5) is 0 Å². The van der Waals surface area contributed by atoms with E-state index in [4.69, 9.17) is 0 Å². The highest BCUT2D eigenvalue weighted by Gasteiger charge is 2.16. The largest absolute Gasteiger partial charge is 0.320 e. The Morgan fingerprint density at radius 2 is 2.10 bits per heavy atom. The molecule has 0 spiro atoms. The molecular formula is C12H18N6O2S. The first-order valence-electron chi connectivity index (χ1n) is 6.51. The highest BCUT2D eigenvalue weighted by Crippen LogP contribution is 2.07. The van der Waals surface area contributed by atoms with E-state index in [2.05, 4.69) is 25.2 Å². The van der Waals surface area contributed by atoms with Crippen LogP contribution in [0.1, 0.15) is 18.3 Å². The minimum absolute atomic E-state index is 0.00934. The number of pyridine rings is 1. The molecule has 0 unspecified atom stereocenters. The molecule has 0 amide bonds. The van der Waals surface area contributed by atoms with Gasteiger partial charge < -0.3 is 9.88 Å². The third kappa shape index (κ3) is 4.06. The Kier molecular flexibility index (Phi) is 4.99. The summed E-state index contributed by atoms with van der Waals surface area (Å²) < 4.78 is 28.3. The Balaban J connectivity index is 2.03. The van der Waals surface area contributed by atoms with Crippen LogP contribution in [0.5, 0.6) is 0 Å². The van der Waals surface area contributed by atoms with E-state index in [9.17, 15) is 8.42 Å². The Hall–Kier alpha value is -1.84. The lowest BCUT2D eigenvalue weighted by molar-refractivity contribution is 0.573. The van der Waals surface area contributed by atoms with Crippen LogP contribution in [0.15, 0.2) is 29.7 Å². The third-order valence-electron chi connectivity index (χ3n) is 2.88. The zero-order valence-electron chi connectivity index (χ0n) is 11.9. The smallest absolute Gasteiger partial charge is 0.258 e. The molecule has 0 atom stereocenters. The Labute approximate surface area is 123 Å². The van der Waals surface area contributed by atoms with E-state index in [1.165, 1.54) is 12.4 Å². The number of aromatic nitrogens is 4. The Bertz CT molecular complexity index is 680. The van der Waals surface area contributed by atoms with Crippen molar-refractivity contribution in [2.45, 2.75) is 25.0 Å². The van der Waals surface area contributed by atoms with Gasteiger partial charge in [-0.05, 0) is 18.2 Å². The Morgan fingerprint density at radius 1 is 1.29 bits per heavy atom. The summed E-state index contributed by atoms with van der Waals surface area (Å²) in [6, 6.07) is 3.23. The number of hydrogen-bond acceptors (Lipinski definition) is 6. The Morgan fingerprint density at radius 3 is 2.67 bits per heavy atom. The molecule has 2 aromatic rings. The van der Waals surface area contributed by atoms with Gasteiger partial charge in [-0.15, -0.1) is 10.2 Å². The van der Waals surface area contributed by atoms with Crippen molar-refractivity contribution in [1.82, 2.24) is 29.8 Å². The van der Waals surface area contributed by atoms with Crippen molar-refractivity contribution in [2.24, 2.45) is 7.05 Å². The number of hydrogen-bond donors (Lipinski definition) is 2. The maximum atomic E-state index is 12.1. The molecule has 0 fully saturated rings. The zero-order valence-corrected chi connectivity index (χ0v) is 12.8. The van der Waals surface area contributed by atoms with Gasteiger partial charge in [0.2, 0.25) is 0 Å². The molecule has 0 aliphatic carbocycles. The molecular weight excluding hydrogens is 292 g/mol. The van der Waals surface area contributed by atoms with Gasteiger partial charge in [-0.1, -0.05) is 13.0 Å². The zero-order chi connectivity index (χ0) is 15.3. The molecule has 0 aliphatic heterocycles. The predicted octanol–water partition coefficient (Wildman–Crippen LogP) is -0.202. The van der Waals surface area contributed by atoms with Crippen LogP contribution in [0.2, 0.25) is 0 Å². The van der Waals surface area contributed by atoms with E-state index in [-0.39, 0.29) is 11.6 Å². The third-order valence-corrected chi connectivity index (χ3v) is 4.19. The van der Waals surface area contributed by atoms with Gasteiger partial charge in [-0.2, -0.15) is 0 Å². The number of nitrogens with one attached hydrogen (secondary N) is 2. The predicted molar refractivity (Wildman–Crippen MR) is 76.6 cm³/mol. The number of sulfonamides is 1. The number of aryl methyl sites for hydroxylation is 1. The van der Waals surface area contributed by atoms with Crippen molar-refractivity contribution in [3.05, 3.63) is 36.0 Å². The fourth-order valence-corrected chi connectivity index (χ4v) is 2.55. The minimum Gasteiger partial charge on any atom is -0.320 e. The molecule has 8 nitrogen and oxygen atoms in total. The van der Waals surface area contributed by atoms with E-state index in [0.717, 1.165) is 12.1 Å². The molecule has 2 N–H and O–H groups in total. The monoisotopic (exact) mass is 310 g/mol. The summed E-state index contributed by atoms with van der Waals surface area (Å²) in [5.74, 6) is 0.530. The summed E-state index contributed by atoms with van der Waals surface area (Å²) in [4.78, 5) is 3.99. The van der Waals surface area contributed by atoms with Crippen molar-refractivity contribution in [1.29, 1.82) is 0 Å². The van der Waals surface area contributed by atoms with E-state index < -0.39 is 10.0 Å². The summed E-state index contributed by atoms with van der Waals surface area (Å²) >= 11 is 0. The van der Waals surface area contributed by atoms with Gasteiger partial charge in [0.25, 0.3) is 10.0 Å². The topological polar surface area (TPSA) is 102 Å². The fraction of sp³-hybridized carbons (Fsp3) is 0.417. The second-order valence-corrected chi connectivity index (χ2v) is 6.18. The number of rotatable bonds is 7. The maximum Gasteiger partial charge on any atom is 0.258 e. The van der Waals surface area contributed by atoms with Gasteiger partial charge >= 0.3 is 0 Å². The first-order chi connectivity index (χ1) is 10.0. The second kappa shape index (κ2) is 6.74. The lowest BCUT2D eigenvalue weighted by Gasteiger charge is -2.07. The molecule has 21 heavy (non-hydrogen) atoms. The van der Waals surface area contributed by atoms with Crippen molar-refractivity contribution < 1.29 is 8.42 Å². The summed E-state index contributed by atoms with van der Waals surface area (Å²) in [5, 5.41) is 10.6. The molecule has 114 valence electrons. The molecule has 0 aliphatic rings. The van der Waals surface area contributed by atoms with E-state index in [1.807, 2.05) is 6.92 Å². The van der Waals surface area contributed by atoms with Crippen LogP contribution >= 0.6 is 0 Å². The average molecular weight is 310 g/mol. The van der Waals surface area contributed by atoms with Crippen LogP contribution in [0.3, 0.4) is 0 Å². The van der Waals surface area contributed by atoms with Gasteiger partial charge in [-0.3, -0.25) is 0 Å². The van der Waals surface area contributed by atoms with Crippen molar-refractivity contribution >= 4 is 10.0 Å². The molecule has 0 radical (unpaired) electrons. The standard InChI is InChI=1S/C12H18N6O2S/c1-3-13-6-10-4-5-12(14-7-10)21(19,20)16-8-11-17-15-9-18(11)2/h4-5,7,9,13,16H,3,6,8H2,1-2H3. The van der Waals surface area contributed by atoms with Crippen LogP contribution < -0.4 is 10.0 Å². The van der Waals surface area contributed by atoms with Crippen LogP contribution in [0, 0.1) is 0 Å². The molecule has 2 rings (SSSR count). The summed E-state index contributed by atoms with van der Waals surface area (Å²) in [7, 11) is -1.91. The van der Waals surface area contributed by atoms with Crippen molar-refractivity contribution in [3.8, 4) is 0 Å². The lowest BCUT2D eigenvalue weighted by Crippen LogP contribution is -2.25. The lowest BCUT2D eigenvalue weighted by atomic mass is 10.3. The fourth-order valence-electron chi connectivity index (χ4n) is 1.64. The van der Waals surface area contributed by atoms with Crippen LogP contribution in [0.25, 0.3) is 0 Å². The van der Waals surface area contributed by atoms with Gasteiger partial charge in [0.15, 0.2) is 5.03 Å². The highest BCUT2D eigenvalue weighted by atomic mass is 32.2. The number of nitrogens with zero attached hydrogens (tertiary/aromatic N) is 4. The van der Waals surface area contributed by atoms with Gasteiger partial charge in [0.05, 0.1) is 6.54 Å².